The molecule has 0 atom stereocenters. The van der Waals surface area contributed by atoms with Gasteiger partial charge in [0.15, 0.2) is 0 Å². The van der Waals surface area contributed by atoms with Gasteiger partial charge in [0, 0.05) is 20.0 Å². The van der Waals surface area contributed by atoms with Crippen molar-refractivity contribution < 1.29 is 15.1 Å². The maximum absolute atomic E-state index is 12.0. The van der Waals surface area contributed by atoms with Gasteiger partial charge in [-0.05, 0) is 19.1 Å². The second-order valence-electron chi connectivity index (χ2n) is 4.09. The third-order valence-electron chi connectivity index (χ3n) is 2.56. The molecule has 0 aromatic heterocycles. The smallest absolute Gasteiger partial charge is 0.257 e. The normalized spacial score (nSPS) is 11.3. The number of phenolic OH excluding ortho intramolecular Hbond substituents is 1. The SMILES string of the molecule is Cc1ccc(O)c(C(=O)N(C)CC/C(N)=N/O)c1. The zero-order valence-electron chi connectivity index (χ0n) is 10.4. The molecule has 4 N–H and O–H groups in total. The zero-order chi connectivity index (χ0) is 13.7. The highest BCUT2D eigenvalue weighted by Crippen LogP contribution is 2.19. The van der Waals surface area contributed by atoms with Crippen LogP contribution in [0.15, 0.2) is 23.4 Å². The summed E-state index contributed by atoms with van der Waals surface area (Å²) in [5.74, 6) is -0.300. The number of carbonyl (C=O) groups excluding carboxylic acids is 1. The molecule has 1 amide bonds. The van der Waals surface area contributed by atoms with Gasteiger partial charge in [0.1, 0.15) is 11.6 Å². The number of amides is 1. The quantitative estimate of drug-likeness (QED) is 0.320. The zero-order valence-corrected chi connectivity index (χ0v) is 10.4. The molecule has 1 rings (SSSR count). The Bertz CT molecular complexity index is 472. The molecular weight excluding hydrogens is 234 g/mol. The molecule has 0 aliphatic heterocycles. The molecule has 1 aromatic carbocycles. The van der Waals surface area contributed by atoms with E-state index >= 15 is 0 Å². The standard InChI is InChI=1S/C12H17N3O3/c1-8-3-4-10(16)9(7-8)12(17)15(2)6-5-11(13)14-18/h3-4,7,16,18H,5-6H2,1-2H3,(H2,13,14). The highest BCUT2D eigenvalue weighted by atomic mass is 16.4. The van der Waals surface area contributed by atoms with Crippen molar-refractivity contribution in [2.24, 2.45) is 10.9 Å². The summed E-state index contributed by atoms with van der Waals surface area (Å²) in [5.41, 5.74) is 6.46. The van der Waals surface area contributed by atoms with Crippen molar-refractivity contribution in [3.05, 3.63) is 29.3 Å². The van der Waals surface area contributed by atoms with Crippen LogP contribution in [0, 0.1) is 6.92 Å². The average molecular weight is 251 g/mol. The molecule has 0 bridgehead atoms. The molecule has 0 fully saturated rings. The summed E-state index contributed by atoms with van der Waals surface area (Å²) in [6, 6.07) is 4.83. The first-order valence-electron chi connectivity index (χ1n) is 5.47. The van der Waals surface area contributed by atoms with Crippen LogP contribution in [0.25, 0.3) is 0 Å². The molecule has 98 valence electrons. The fourth-order valence-electron chi connectivity index (χ4n) is 1.46. The number of hydrogen-bond donors (Lipinski definition) is 3. The molecule has 0 unspecified atom stereocenters. The van der Waals surface area contributed by atoms with E-state index in [4.69, 9.17) is 10.9 Å². The number of rotatable bonds is 4. The lowest BCUT2D eigenvalue weighted by Gasteiger charge is -2.17. The van der Waals surface area contributed by atoms with E-state index in [1.54, 1.807) is 19.2 Å². The number of amidine groups is 1. The van der Waals surface area contributed by atoms with Crippen molar-refractivity contribution in [1.82, 2.24) is 4.90 Å². The van der Waals surface area contributed by atoms with Crippen LogP contribution in [0.4, 0.5) is 0 Å². The molecule has 0 aliphatic rings. The van der Waals surface area contributed by atoms with Gasteiger partial charge in [-0.1, -0.05) is 16.8 Å². The van der Waals surface area contributed by atoms with Gasteiger partial charge in [-0.15, -0.1) is 0 Å². The third kappa shape index (κ3) is 3.38. The largest absolute Gasteiger partial charge is 0.507 e. The Balaban J connectivity index is 2.77. The van der Waals surface area contributed by atoms with E-state index in [2.05, 4.69) is 5.16 Å². The molecule has 6 nitrogen and oxygen atoms in total. The van der Waals surface area contributed by atoms with E-state index in [-0.39, 0.29) is 29.5 Å². The monoisotopic (exact) mass is 251 g/mol. The van der Waals surface area contributed by atoms with Gasteiger partial charge in [-0.3, -0.25) is 4.79 Å². The number of benzene rings is 1. The van der Waals surface area contributed by atoms with Gasteiger partial charge in [0.2, 0.25) is 0 Å². The molecule has 0 saturated carbocycles. The molecular formula is C12H17N3O3. The topological polar surface area (TPSA) is 99.2 Å². The van der Waals surface area contributed by atoms with E-state index in [1.165, 1.54) is 11.0 Å². The summed E-state index contributed by atoms with van der Waals surface area (Å²) in [7, 11) is 1.59. The molecule has 0 heterocycles. The van der Waals surface area contributed by atoms with Crippen LogP contribution < -0.4 is 5.73 Å². The Morgan fingerprint density at radius 1 is 1.50 bits per heavy atom. The van der Waals surface area contributed by atoms with Crippen LogP contribution in [0.3, 0.4) is 0 Å². The number of oxime groups is 1. The van der Waals surface area contributed by atoms with Gasteiger partial charge < -0.3 is 20.9 Å². The molecule has 0 saturated heterocycles. The number of carbonyl (C=O) groups is 1. The van der Waals surface area contributed by atoms with E-state index in [9.17, 15) is 9.90 Å². The van der Waals surface area contributed by atoms with Crippen molar-refractivity contribution in [1.29, 1.82) is 0 Å². The number of aryl methyl sites for hydroxylation is 1. The maximum atomic E-state index is 12.0. The summed E-state index contributed by atoms with van der Waals surface area (Å²) in [5, 5.41) is 20.9. The lowest BCUT2D eigenvalue weighted by molar-refractivity contribution is 0.0795. The van der Waals surface area contributed by atoms with Crippen LogP contribution in [0.1, 0.15) is 22.3 Å². The van der Waals surface area contributed by atoms with Crippen LogP contribution in [-0.4, -0.2) is 40.5 Å². The third-order valence-corrected chi connectivity index (χ3v) is 2.56. The van der Waals surface area contributed by atoms with E-state index in [0.29, 0.717) is 6.54 Å². The molecule has 0 spiro atoms. The second-order valence-corrected chi connectivity index (χ2v) is 4.09. The van der Waals surface area contributed by atoms with Gasteiger partial charge in [-0.25, -0.2) is 0 Å². The first-order chi connectivity index (χ1) is 8.45. The fourth-order valence-corrected chi connectivity index (χ4v) is 1.46. The average Bonchev–Trinajstić information content (AvgIpc) is 2.37. The van der Waals surface area contributed by atoms with Gasteiger partial charge in [0.05, 0.1) is 5.56 Å². The van der Waals surface area contributed by atoms with Gasteiger partial charge in [-0.2, -0.15) is 0 Å². The van der Waals surface area contributed by atoms with Gasteiger partial charge in [0.25, 0.3) is 5.91 Å². The van der Waals surface area contributed by atoms with Crippen LogP contribution >= 0.6 is 0 Å². The van der Waals surface area contributed by atoms with Crippen molar-refractivity contribution >= 4 is 11.7 Å². The van der Waals surface area contributed by atoms with E-state index < -0.39 is 0 Å². The van der Waals surface area contributed by atoms with Crippen molar-refractivity contribution in [2.75, 3.05) is 13.6 Å². The van der Waals surface area contributed by atoms with Crippen LogP contribution in [0.5, 0.6) is 5.75 Å². The summed E-state index contributed by atoms with van der Waals surface area (Å²) in [6.45, 7) is 2.15. The summed E-state index contributed by atoms with van der Waals surface area (Å²) < 4.78 is 0. The van der Waals surface area contributed by atoms with E-state index in [0.717, 1.165) is 5.56 Å². The minimum atomic E-state index is -0.304. The fraction of sp³-hybridized carbons (Fsp3) is 0.333. The first kappa shape index (κ1) is 13.8. The van der Waals surface area contributed by atoms with Crippen molar-refractivity contribution in [3.8, 4) is 5.75 Å². The number of nitrogens with two attached hydrogens (primary N) is 1. The Labute approximate surface area is 105 Å². The molecule has 6 heteroatoms. The highest BCUT2D eigenvalue weighted by molar-refractivity contribution is 5.97. The summed E-state index contributed by atoms with van der Waals surface area (Å²) >= 11 is 0. The molecule has 18 heavy (non-hydrogen) atoms. The Morgan fingerprint density at radius 3 is 2.78 bits per heavy atom. The second kappa shape index (κ2) is 5.90. The maximum Gasteiger partial charge on any atom is 0.257 e. The number of nitrogens with zero attached hydrogens (tertiary/aromatic N) is 2. The first-order valence-corrected chi connectivity index (χ1v) is 5.47. The molecule has 0 radical (unpaired) electrons. The Hall–Kier alpha value is -2.24. The summed E-state index contributed by atoms with van der Waals surface area (Å²) in [6.07, 6.45) is 0.269. The highest BCUT2D eigenvalue weighted by Gasteiger charge is 2.15. The van der Waals surface area contributed by atoms with Crippen LogP contribution in [0.2, 0.25) is 0 Å². The van der Waals surface area contributed by atoms with E-state index in [1.807, 2.05) is 6.92 Å². The predicted octanol–water partition coefficient (Wildman–Crippen LogP) is 0.909. The predicted molar refractivity (Wildman–Crippen MR) is 67.8 cm³/mol. The van der Waals surface area contributed by atoms with Crippen LogP contribution in [-0.2, 0) is 0 Å². The summed E-state index contributed by atoms with van der Waals surface area (Å²) in [4.78, 5) is 13.5. The molecule has 1 aromatic rings. The number of aromatic hydroxyl groups is 1. The minimum absolute atomic E-state index is 0.0544. The lowest BCUT2D eigenvalue weighted by Crippen LogP contribution is -2.30. The lowest BCUT2D eigenvalue weighted by atomic mass is 10.1. The van der Waals surface area contributed by atoms with Crippen molar-refractivity contribution in [3.63, 3.8) is 0 Å². The minimum Gasteiger partial charge on any atom is -0.507 e. The van der Waals surface area contributed by atoms with Gasteiger partial charge >= 0.3 is 0 Å². The number of hydrogen-bond acceptors (Lipinski definition) is 4. The number of phenols is 1. The Morgan fingerprint density at radius 2 is 2.17 bits per heavy atom. The molecule has 0 aliphatic carbocycles. The van der Waals surface area contributed by atoms with Crippen molar-refractivity contribution in [2.45, 2.75) is 13.3 Å². The Kier molecular flexibility index (Phi) is 4.53.